The number of hydrogen-bond donors (Lipinski definition) is 3. The van der Waals surface area contributed by atoms with E-state index in [1.54, 1.807) is 6.92 Å². The van der Waals surface area contributed by atoms with E-state index in [9.17, 15) is 9.59 Å². The lowest BCUT2D eigenvalue weighted by Gasteiger charge is -2.02. The minimum absolute atomic E-state index is 0.0206. The molecule has 18 heavy (non-hydrogen) atoms. The second-order valence-electron chi connectivity index (χ2n) is 4.09. The summed E-state index contributed by atoms with van der Waals surface area (Å²) in [6.07, 6.45) is 3.01. The molecule has 0 aliphatic rings. The van der Waals surface area contributed by atoms with Gasteiger partial charge in [-0.1, -0.05) is 6.42 Å². The maximum absolute atomic E-state index is 11.5. The first-order chi connectivity index (χ1) is 8.58. The Hall–Kier alpha value is -1.92. The number of hydrogen-bond acceptors (Lipinski definition) is 4. The molecule has 1 aromatic rings. The summed E-state index contributed by atoms with van der Waals surface area (Å²) in [4.78, 5) is 26.1. The van der Waals surface area contributed by atoms with Crippen LogP contribution in [0.25, 0.3) is 0 Å². The van der Waals surface area contributed by atoms with E-state index in [1.165, 1.54) is 6.92 Å². The molecule has 7 heteroatoms. The van der Waals surface area contributed by atoms with Crippen LogP contribution < -0.4 is 10.6 Å². The number of aromatic nitrogens is 3. The Kier molecular flexibility index (Phi) is 5.83. The van der Waals surface area contributed by atoms with Crippen molar-refractivity contribution in [1.29, 1.82) is 0 Å². The first-order valence-electron chi connectivity index (χ1n) is 6.01. The third-order valence-corrected chi connectivity index (χ3v) is 2.30. The molecular weight excluding hydrogens is 234 g/mol. The van der Waals surface area contributed by atoms with Crippen LogP contribution >= 0.6 is 0 Å². The second-order valence-corrected chi connectivity index (χ2v) is 4.09. The van der Waals surface area contributed by atoms with Gasteiger partial charge < -0.3 is 5.32 Å². The summed E-state index contributed by atoms with van der Waals surface area (Å²) in [5.74, 6) is 0.873. The third-order valence-electron chi connectivity index (χ3n) is 2.30. The number of unbranched alkanes of at least 4 members (excludes halogenated alkanes) is 2. The van der Waals surface area contributed by atoms with E-state index in [2.05, 4.69) is 25.8 Å². The van der Waals surface area contributed by atoms with Crippen LogP contribution in [0.1, 0.15) is 38.4 Å². The lowest BCUT2D eigenvalue weighted by atomic mass is 10.2. The fourth-order valence-corrected chi connectivity index (χ4v) is 1.44. The number of amides is 2. The van der Waals surface area contributed by atoms with Crippen molar-refractivity contribution in [1.82, 2.24) is 20.5 Å². The molecule has 0 atom stereocenters. The third kappa shape index (κ3) is 5.97. The molecule has 1 rings (SSSR count). The Morgan fingerprint density at radius 1 is 1.28 bits per heavy atom. The Morgan fingerprint density at radius 2 is 2.06 bits per heavy atom. The zero-order valence-corrected chi connectivity index (χ0v) is 10.7. The highest BCUT2D eigenvalue weighted by Gasteiger charge is 2.05. The summed E-state index contributed by atoms with van der Waals surface area (Å²) < 4.78 is 0. The molecule has 3 N–H and O–H groups in total. The second kappa shape index (κ2) is 7.41. The standard InChI is InChI=1S/C11H19N5O2/c1-8-13-11(16-15-8)14-10(18)6-4-3-5-7-12-9(2)17/h3-7H2,1-2H3,(H,12,17)(H2,13,14,15,16,18). The molecule has 0 aromatic carbocycles. The number of H-pyrrole nitrogens is 1. The van der Waals surface area contributed by atoms with Crippen molar-refractivity contribution in [2.24, 2.45) is 0 Å². The van der Waals surface area contributed by atoms with Crippen LogP contribution in [0.5, 0.6) is 0 Å². The number of carbonyl (C=O) groups is 2. The molecular formula is C11H19N5O2. The highest BCUT2D eigenvalue weighted by molar-refractivity contribution is 5.88. The quantitative estimate of drug-likeness (QED) is 0.624. The zero-order valence-electron chi connectivity index (χ0n) is 10.7. The molecule has 7 nitrogen and oxygen atoms in total. The van der Waals surface area contributed by atoms with Crippen molar-refractivity contribution in [2.45, 2.75) is 39.5 Å². The van der Waals surface area contributed by atoms with E-state index in [1.807, 2.05) is 0 Å². The Bertz CT molecular complexity index is 402. The van der Waals surface area contributed by atoms with Gasteiger partial charge in [-0.2, -0.15) is 4.98 Å². The average Bonchev–Trinajstić information content (AvgIpc) is 2.68. The molecule has 0 fully saturated rings. The molecule has 1 heterocycles. The molecule has 0 aliphatic heterocycles. The van der Waals surface area contributed by atoms with Crippen LogP contribution in [-0.2, 0) is 9.59 Å². The van der Waals surface area contributed by atoms with E-state index >= 15 is 0 Å². The average molecular weight is 253 g/mol. The van der Waals surface area contributed by atoms with E-state index in [0.717, 1.165) is 19.3 Å². The summed E-state index contributed by atoms with van der Waals surface area (Å²) in [6.45, 7) is 3.92. The number of nitrogens with zero attached hydrogens (tertiary/aromatic N) is 2. The molecule has 0 saturated carbocycles. The smallest absolute Gasteiger partial charge is 0.248 e. The minimum atomic E-state index is -0.0893. The highest BCUT2D eigenvalue weighted by atomic mass is 16.2. The van der Waals surface area contributed by atoms with Gasteiger partial charge in [-0.15, -0.1) is 5.10 Å². The maximum Gasteiger partial charge on any atom is 0.248 e. The summed E-state index contributed by atoms with van der Waals surface area (Å²) in [6, 6.07) is 0. The predicted octanol–water partition coefficient (Wildman–Crippen LogP) is 0.748. The van der Waals surface area contributed by atoms with E-state index in [0.29, 0.717) is 24.7 Å². The van der Waals surface area contributed by atoms with Crippen molar-refractivity contribution in [3.63, 3.8) is 0 Å². The van der Waals surface area contributed by atoms with Crippen molar-refractivity contribution in [3.8, 4) is 0 Å². The van der Waals surface area contributed by atoms with Gasteiger partial charge in [-0.05, 0) is 19.8 Å². The van der Waals surface area contributed by atoms with Crippen LogP contribution in [0, 0.1) is 6.92 Å². The fourth-order valence-electron chi connectivity index (χ4n) is 1.44. The largest absolute Gasteiger partial charge is 0.356 e. The summed E-state index contributed by atoms with van der Waals surface area (Å²) >= 11 is 0. The van der Waals surface area contributed by atoms with Crippen LogP contribution in [0.4, 0.5) is 5.95 Å². The zero-order chi connectivity index (χ0) is 13.4. The number of rotatable bonds is 7. The number of anilines is 1. The van der Waals surface area contributed by atoms with Crippen LogP contribution in [0.15, 0.2) is 0 Å². The number of aromatic amines is 1. The SMILES string of the molecule is CC(=O)NCCCCCC(=O)Nc1n[nH]c(C)n1. The molecule has 0 spiro atoms. The van der Waals surface area contributed by atoms with Crippen LogP contribution in [-0.4, -0.2) is 33.5 Å². The van der Waals surface area contributed by atoms with Crippen molar-refractivity contribution in [2.75, 3.05) is 11.9 Å². The number of aryl methyl sites for hydroxylation is 1. The lowest BCUT2D eigenvalue weighted by Crippen LogP contribution is -2.20. The molecule has 100 valence electrons. The van der Waals surface area contributed by atoms with Crippen LogP contribution in [0.3, 0.4) is 0 Å². The van der Waals surface area contributed by atoms with Gasteiger partial charge in [-0.3, -0.25) is 20.0 Å². The van der Waals surface area contributed by atoms with Crippen molar-refractivity contribution >= 4 is 17.8 Å². The Balaban J connectivity index is 2.05. The van der Waals surface area contributed by atoms with Crippen molar-refractivity contribution < 1.29 is 9.59 Å². The molecule has 0 unspecified atom stereocenters. The van der Waals surface area contributed by atoms with Gasteiger partial charge in [0.2, 0.25) is 17.8 Å². The molecule has 0 saturated heterocycles. The molecule has 0 aliphatic carbocycles. The fraction of sp³-hybridized carbons (Fsp3) is 0.636. The monoisotopic (exact) mass is 253 g/mol. The van der Waals surface area contributed by atoms with Crippen molar-refractivity contribution in [3.05, 3.63) is 5.82 Å². The van der Waals surface area contributed by atoms with Gasteiger partial charge in [0.1, 0.15) is 5.82 Å². The molecule has 2 amide bonds. The first kappa shape index (κ1) is 14.1. The lowest BCUT2D eigenvalue weighted by molar-refractivity contribution is -0.119. The van der Waals surface area contributed by atoms with Gasteiger partial charge in [0.15, 0.2) is 0 Å². The molecule has 0 radical (unpaired) electrons. The van der Waals surface area contributed by atoms with E-state index in [4.69, 9.17) is 0 Å². The summed E-state index contributed by atoms with van der Waals surface area (Å²) in [7, 11) is 0. The number of carbonyl (C=O) groups excluding carboxylic acids is 2. The minimum Gasteiger partial charge on any atom is -0.356 e. The van der Waals surface area contributed by atoms with Gasteiger partial charge in [0, 0.05) is 19.9 Å². The van der Waals surface area contributed by atoms with Gasteiger partial charge in [0.25, 0.3) is 0 Å². The number of nitrogens with one attached hydrogen (secondary N) is 3. The van der Waals surface area contributed by atoms with E-state index < -0.39 is 0 Å². The molecule has 0 bridgehead atoms. The first-order valence-corrected chi connectivity index (χ1v) is 6.01. The normalized spacial score (nSPS) is 10.1. The summed E-state index contributed by atoms with van der Waals surface area (Å²) in [5, 5.41) is 11.8. The Morgan fingerprint density at radius 3 is 2.67 bits per heavy atom. The van der Waals surface area contributed by atoms with E-state index in [-0.39, 0.29) is 11.8 Å². The predicted molar refractivity (Wildman–Crippen MR) is 66.9 cm³/mol. The Labute approximate surface area is 106 Å². The maximum atomic E-state index is 11.5. The van der Waals surface area contributed by atoms with Gasteiger partial charge in [-0.25, -0.2) is 0 Å². The topological polar surface area (TPSA) is 99.8 Å². The van der Waals surface area contributed by atoms with Crippen LogP contribution in [0.2, 0.25) is 0 Å². The highest BCUT2D eigenvalue weighted by Crippen LogP contribution is 2.02. The van der Waals surface area contributed by atoms with Gasteiger partial charge >= 0.3 is 0 Å². The molecule has 1 aromatic heterocycles. The van der Waals surface area contributed by atoms with Gasteiger partial charge in [0.05, 0.1) is 0 Å². The summed E-state index contributed by atoms with van der Waals surface area (Å²) in [5.41, 5.74) is 0.